The molecular formula is C29H58O2. The van der Waals surface area contributed by atoms with Crippen LogP contribution in [-0.4, -0.2) is 12.6 Å². The predicted molar refractivity (Wildman–Crippen MR) is 138 cm³/mol. The van der Waals surface area contributed by atoms with Crippen LogP contribution in [0.3, 0.4) is 0 Å². The summed E-state index contributed by atoms with van der Waals surface area (Å²) in [5, 5.41) is 0. The molecule has 0 aliphatic rings. The molecular weight excluding hydrogens is 380 g/mol. The van der Waals surface area contributed by atoms with E-state index in [1.807, 2.05) is 0 Å². The molecule has 0 saturated carbocycles. The van der Waals surface area contributed by atoms with E-state index in [2.05, 4.69) is 27.7 Å². The van der Waals surface area contributed by atoms with Gasteiger partial charge in [0, 0.05) is 0 Å². The van der Waals surface area contributed by atoms with Crippen LogP contribution >= 0.6 is 0 Å². The van der Waals surface area contributed by atoms with Gasteiger partial charge in [-0.3, -0.25) is 4.79 Å². The van der Waals surface area contributed by atoms with Crippen LogP contribution in [0.1, 0.15) is 169 Å². The summed E-state index contributed by atoms with van der Waals surface area (Å²) in [7, 11) is 0. The van der Waals surface area contributed by atoms with Crippen molar-refractivity contribution in [1.82, 2.24) is 0 Å². The molecule has 0 rings (SSSR count). The molecule has 0 aromatic carbocycles. The number of unbranched alkanes of at least 4 members (excludes halogenated alkanes) is 17. The summed E-state index contributed by atoms with van der Waals surface area (Å²) >= 11 is 0. The summed E-state index contributed by atoms with van der Waals surface area (Å²) in [5.41, 5.74) is -0.268. The van der Waals surface area contributed by atoms with Gasteiger partial charge in [-0.2, -0.15) is 0 Å². The second-order valence-corrected chi connectivity index (χ2v) is 10.2. The first kappa shape index (κ1) is 30.5. The second-order valence-electron chi connectivity index (χ2n) is 10.2. The molecule has 2 heteroatoms. The Balaban J connectivity index is 4.12. The quantitative estimate of drug-likeness (QED) is 0.111. The molecule has 186 valence electrons. The monoisotopic (exact) mass is 438 g/mol. The Labute approximate surface area is 196 Å². The molecule has 0 radical (unpaired) electrons. The third-order valence-corrected chi connectivity index (χ3v) is 6.89. The molecule has 0 spiro atoms. The Morgan fingerprint density at radius 3 is 1.26 bits per heavy atom. The molecule has 0 aromatic heterocycles. The van der Waals surface area contributed by atoms with E-state index in [-0.39, 0.29) is 11.4 Å². The van der Waals surface area contributed by atoms with Gasteiger partial charge in [0.15, 0.2) is 0 Å². The molecule has 0 aliphatic heterocycles. The molecule has 0 aliphatic carbocycles. The van der Waals surface area contributed by atoms with Crippen LogP contribution in [0.15, 0.2) is 0 Å². The van der Waals surface area contributed by atoms with Gasteiger partial charge < -0.3 is 4.74 Å². The highest BCUT2D eigenvalue weighted by Crippen LogP contribution is 2.33. The lowest BCUT2D eigenvalue weighted by Crippen LogP contribution is -2.30. The third-order valence-electron chi connectivity index (χ3n) is 6.89. The maximum Gasteiger partial charge on any atom is 0.311 e. The van der Waals surface area contributed by atoms with Gasteiger partial charge in [0.25, 0.3) is 0 Å². The normalized spacial score (nSPS) is 13.3. The zero-order chi connectivity index (χ0) is 23.0. The highest BCUT2D eigenvalue weighted by Gasteiger charge is 2.33. The fraction of sp³-hybridized carbons (Fsp3) is 0.966. The topological polar surface area (TPSA) is 26.3 Å². The van der Waals surface area contributed by atoms with Crippen LogP contribution in [0.2, 0.25) is 0 Å². The van der Waals surface area contributed by atoms with Crippen molar-refractivity contribution in [2.45, 2.75) is 169 Å². The van der Waals surface area contributed by atoms with Crippen molar-refractivity contribution in [2.75, 3.05) is 6.61 Å². The molecule has 0 aromatic rings. The first-order chi connectivity index (χ1) is 15.1. The summed E-state index contributed by atoms with van der Waals surface area (Å²) < 4.78 is 5.77. The largest absolute Gasteiger partial charge is 0.465 e. The van der Waals surface area contributed by atoms with E-state index >= 15 is 0 Å². The summed E-state index contributed by atoms with van der Waals surface area (Å²) in [6.45, 7) is 9.57. The van der Waals surface area contributed by atoms with Crippen molar-refractivity contribution >= 4 is 5.97 Å². The van der Waals surface area contributed by atoms with Gasteiger partial charge in [0.2, 0.25) is 0 Å². The molecule has 0 amide bonds. The summed E-state index contributed by atoms with van der Waals surface area (Å²) in [6.07, 6.45) is 27.8. The predicted octanol–water partition coefficient (Wildman–Crippen LogP) is 10.2. The maximum atomic E-state index is 12.9. The van der Waals surface area contributed by atoms with Crippen molar-refractivity contribution in [3.05, 3.63) is 0 Å². The number of rotatable bonds is 24. The Morgan fingerprint density at radius 2 is 0.839 bits per heavy atom. The van der Waals surface area contributed by atoms with Gasteiger partial charge in [0.05, 0.1) is 12.0 Å². The number of hydrogen-bond donors (Lipinski definition) is 0. The van der Waals surface area contributed by atoms with Crippen LogP contribution in [0, 0.1) is 5.41 Å². The Morgan fingerprint density at radius 1 is 0.516 bits per heavy atom. The molecule has 0 N–H and O–H groups in total. The summed E-state index contributed by atoms with van der Waals surface area (Å²) in [4.78, 5) is 12.9. The van der Waals surface area contributed by atoms with E-state index in [9.17, 15) is 4.79 Å². The van der Waals surface area contributed by atoms with Crippen LogP contribution in [0.4, 0.5) is 0 Å². The lowest BCUT2D eigenvalue weighted by Gasteiger charge is -2.27. The van der Waals surface area contributed by atoms with E-state index in [4.69, 9.17) is 4.74 Å². The number of esters is 1. The first-order valence-corrected chi connectivity index (χ1v) is 14.3. The van der Waals surface area contributed by atoms with Crippen LogP contribution in [0.25, 0.3) is 0 Å². The van der Waals surface area contributed by atoms with Gasteiger partial charge in [-0.1, -0.05) is 143 Å². The minimum Gasteiger partial charge on any atom is -0.465 e. The number of carbonyl (C=O) groups is 1. The lowest BCUT2D eigenvalue weighted by molar-refractivity contribution is -0.156. The molecule has 1 atom stereocenters. The lowest BCUT2D eigenvalue weighted by atomic mass is 9.79. The highest BCUT2D eigenvalue weighted by molar-refractivity contribution is 5.76. The zero-order valence-corrected chi connectivity index (χ0v) is 22.1. The molecule has 0 bridgehead atoms. The molecule has 1 unspecified atom stereocenters. The number of ether oxygens (including phenoxy) is 1. The average molecular weight is 439 g/mol. The van der Waals surface area contributed by atoms with Crippen molar-refractivity contribution in [3.8, 4) is 0 Å². The van der Waals surface area contributed by atoms with Gasteiger partial charge in [-0.05, 0) is 26.2 Å². The van der Waals surface area contributed by atoms with Crippen molar-refractivity contribution in [1.29, 1.82) is 0 Å². The van der Waals surface area contributed by atoms with E-state index in [0.29, 0.717) is 6.61 Å². The van der Waals surface area contributed by atoms with Crippen molar-refractivity contribution in [2.24, 2.45) is 5.41 Å². The average Bonchev–Trinajstić information content (AvgIpc) is 2.77. The van der Waals surface area contributed by atoms with E-state index in [1.54, 1.807) is 0 Å². The summed E-state index contributed by atoms with van der Waals surface area (Å²) in [5.74, 6) is 0.0773. The Bertz CT molecular complexity index is 379. The molecule has 0 heterocycles. The van der Waals surface area contributed by atoms with Crippen molar-refractivity contribution in [3.63, 3.8) is 0 Å². The Kier molecular flexibility index (Phi) is 22.3. The molecule has 2 nitrogen and oxygen atoms in total. The molecule has 31 heavy (non-hydrogen) atoms. The van der Waals surface area contributed by atoms with Gasteiger partial charge in [-0.25, -0.2) is 0 Å². The number of carbonyl (C=O) groups excluding carboxylic acids is 1. The smallest absolute Gasteiger partial charge is 0.311 e. The first-order valence-electron chi connectivity index (χ1n) is 14.3. The third kappa shape index (κ3) is 18.7. The fourth-order valence-electron chi connectivity index (χ4n) is 4.50. The van der Waals surface area contributed by atoms with E-state index in [0.717, 1.165) is 25.7 Å². The molecule has 0 fully saturated rings. The number of hydrogen-bond acceptors (Lipinski definition) is 2. The van der Waals surface area contributed by atoms with Gasteiger partial charge in [0.1, 0.15) is 0 Å². The fourth-order valence-corrected chi connectivity index (χ4v) is 4.50. The van der Waals surface area contributed by atoms with E-state index in [1.165, 1.54) is 116 Å². The minimum atomic E-state index is -0.268. The van der Waals surface area contributed by atoms with Gasteiger partial charge in [-0.15, -0.1) is 0 Å². The minimum absolute atomic E-state index is 0.0773. The van der Waals surface area contributed by atoms with Gasteiger partial charge >= 0.3 is 5.97 Å². The standard InChI is InChI=1S/C29H58O2/c1-5-8-11-14-16-17-18-19-20-23-26-29(4,25-22-13-10-7-3)28(30)31-27-24-21-15-12-9-6-2/h5-27H2,1-4H3. The second kappa shape index (κ2) is 22.7. The SMILES string of the molecule is CCCCCCCCCCCCC(C)(CCCCCC)C(=O)OCCCCCCCC. The Hall–Kier alpha value is -0.530. The van der Waals surface area contributed by atoms with Crippen LogP contribution in [-0.2, 0) is 9.53 Å². The molecule has 0 saturated heterocycles. The van der Waals surface area contributed by atoms with E-state index < -0.39 is 0 Å². The zero-order valence-electron chi connectivity index (χ0n) is 22.1. The highest BCUT2D eigenvalue weighted by atomic mass is 16.5. The van der Waals surface area contributed by atoms with Crippen LogP contribution in [0.5, 0.6) is 0 Å². The van der Waals surface area contributed by atoms with Crippen LogP contribution < -0.4 is 0 Å². The summed E-state index contributed by atoms with van der Waals surface area (Å²) in [6, 6.07) is 0. The van der Waals surface area contributed by atoms with Crippen molar-refractivity contribution < 1.29 is 9.53 Å². The maximum absolute atomic E-state index is 12.9.